The zero-order chi connectivity index (χ0) is 12.8. The number of aliphatic hydroxyl groups excluding tert-OH is 1. The summed E-state index contributed by atoms with van der Waals surface area (Å²) in [4.78, 5) is 22.7. The fraction of sp³-hybridized carbons (Fsp3) is 0.818. The third-order valence-corrected chi connectivity index (χ3v) is 2.94. The number of carbonyl (C=O) groups excluding carboxylic acids is 2. The molecular weight excluding hydrogens is 224 g/mol. The summed E-state index contributed by atoms with van der Waals surface area (Å²) in [6, 6.07) is 0.324. The molecule has 1 fully saturated rings. The molecule has 1 heterocycles. The van der Waals surface area contributed by atoms with Crippen molar-refractivity contribution in [3.8, 4) is 0 Å². The molecule has 3 atom stereocenters. The van der Waals surface area contributed by atoms with Crippen molar-refractivity contribution in [3.63, 3.8) is 0 Å². The zero-order valence-electron chi connectivity index (χ0n) is 10.2. The second kappa shape index (κ2) is 6.56. The standard InChI is InChI=1S/C11H20N2O4/c1-7-5-8(3-4-12-7)10(15)13-6-9(14)11(16)17-2/h7-9,12,14H,3-6H2,1-2H3,(H,13,15). The smallest absolute Gasteiger partial charge is 0.336 e. The van der Waals surface area contributed by atoms with Crippen LogP contribution in [0.2, 0.25) is 0 Å². The van der Waals surface area contributed by atoms with Gasteiger partial charge in [-0.2, -0.15) is 0 Å². The van der Waals surface area contributed by atoms with Gasteiger partial charge in [-0.1, -0.05) is 0 Å². The molecule has 1 aliphatic rings. The molecule has 0 bridgehead atoms. The number of esters is 1. The summed E-state index contributed by atoms with van der Waals surface area (Å²) in [7, 11) is 1.20. The summed E-state index contributed by atoms with van der Waals surface area (Å²) in [5.41, 5.74) is 0. The van der Waals surface area contributed by atoms with Crippen LogP contribution >= 0.6 is 0 Å². The van der Waals surface area contributed by atoms with E-state index in [-0.39, 0.29) is 18.4 Å². The Kier molecular flexibility index (Phi) is 5.37. The van der Waals surface area contributed by atoms with E-state index in [0.29, 0.717) is 6.04 Å². The SMILES string of the molecule is COC(=O)C(O)CNC(=O)C1CCNC(C)C1. The normalized spacial score (nSPS) is 26.1. The fourth-order valence-corrected chi connectivity index (χ4v) is 1.93. The molecular formula is C11H20N2O4. The first-order chi connectivity index (χ1) is 8.04. The zero-order valence-corrected chi connectivity index (χ0v) is 10.2. The number of piperidine rings is 1. The predicted molar refractivity (Wildman–Crippen MR) is 61.2 cm³/mol. The minimum Gasteiger partial charge on any atom is -0.467 e. The van der Waals surface area contributed by atoms with Crippen LogP contribution in [0.15, 0.2) is 0 Å². The van der Waals surface area contributed by atoms with Gasteiger partial charge >= 0.3 is 5.97 Å². The first kappa shape index (κ1) is 13.9. The molecule has 1 saturated heterocycles. The number of rotatable bonds is 4. The maximum atomic E-state index is 11.8. The van der Waals surface area contributed by atoms with Crippen LogP contribution < -0.4 is 10.6 Å². The maximum absolute atomic E-state index is 11.8. The molecule has 1 rings (SSSR count). The number of hydrogen-bond acceptors (Lipinski definition) is 5. The molecule has 0 radical (unpaired) electrons. The van der Waals surface area contributed by atoms with Crippen LogP contribution in [-0.2, 0) is 14.3 Å². The highest BCUT2D eigenvalue weighted by Crippen LogP contribution is 2.15. The summed E-state index contributed by atoms with van der Waals surface area (Å²) in [6.07, 6.45) is 0.271. The number of methoxy groups -OCH3 is 1. The molecule has 98 valence electrons. The van der Waals surface area contributed by atoms with Gasteiger partial charge in [0, 0.05) is 12.0 Å². The topological polar surface area (TPSA) is 87.7 Å². The Morgan fingerprint density at radius 2 is 2.29 bits per heavy atom. The van der Waals surface area contributed by atoms with Gasteiger partial charge in [0.05, 0.1) is 13.7 Å². The minimum absolute atomic E-state index is 0.0453. The molecule has 0 aliphatic carbocycles. The van der Waals surface area contributed by atoms with Gasteiger partial charge in [0.1, 0.15) is 0 Å². The quantitative estimate of drug-likeness (QED) is 0.554. The van der Waals surface area contributed by atoms with Gasteiger partial charge in [0.25, 0.3) is 0 Å². The lowest BCUT2D eigenvalue weighted by Gasteiger charge is -2.27. The molecule has 6 nitrogen and oxygen atoms in total. The number of aliphatic hydroxyl groups is 1. The minimum atomic E-state index is -1.29. The first-order valence-corrected chi connectivity index (χ1v) is 5.81. The van der Waals surface area contributed by atoms with Crippen molar-refractivity contribution in [3.05, 3.63) is 0 Å². The van der Waals surface area contributed by atoms with E-state index in [1.54, 1.807) is 0 Å². The second-order valence-corrected chi connectivity index (χ2v) is 4.36. The highest BCUT2D eigenvalue weighted by atomic mass is 16.5. The highest BCUT2D eigenvalue weighted by Gasteiger charge is 2.25. The highest BCUT2D eigenvalue weighted by molar-refractivity contribution is 5.80. The Morgan fingerprint density at radius 1 is 1.59 bits per heavy atom. The average molecular weight is 244 g/mol. The summed E-state index contributed by atoms with van der Waals surface area (Å²) in [6.45, 7) is 2.76. The van der Waals surface area contributed by atoms with E-state index in [4.69, 9.17) is 0 Å². The summed E-state index contributed by atoms with van der Waals surface area (Å²) < 4.78 is 4.36. The van der Waals surface area contributed by atoms with E-state index in [1.807, 2.05) is 6.92 Å². The number of hydrogen-bond donors (Lipinski definition) is 3. The van der Waals surface area contributed by atoms with Crippen molar-refractivity contribution in [1.82, 2.24) is 10.6 Å². The van der Waals surface area contributed by atoms with E-state index in [2.05, 4.69) is 15.4 Å². The van der Waals surface area contributed by atoms with Crippen LogP contribution in [0.5, 0.6) is 0 Å². The van der Waals surface area contributed by atoms with E-state index in [1.165, 1.54) is 7.11 Å². The van der Waals surface area contributed by atoms with Crippen LogP contribution in [0.4, 0.5) is 0 Å². The lowest BCUT2D eigenvalue weighted by Crippen LogP contribution is -2.45. The van der Waals surface area contributed by atoms with Gasteiger partial charge in [0.15, 0.2) is 6.10 Å². The molecule has 3 unspecified atom stereocenters. The third-order valence-electron chi connectivity index (χ3n) is 2.94. The number of ether oxygens (including phenoxy) is 1. The first-order valence-electron chi connectivity index (χ1n) is 5.81. The Morgan fingerprint density at radius 3 is 2.88 bits per heavy atom. The van der Waals surface area contributed by atoms with Gasteiger partial charge in [-0.15, -0.1) is 0 Å². The molecule has 0 aromatic heterocycles. The number of carbonyl (C=O) groups is 2. The molecule has 6 heteroatoms. The van der Waals surface area contributed by atoms with Crippen molar-refractivity contribution >= 4 is 11.9 Å². The van der Waals surface area contributed by atoms with Crippen LogP contribution in [0.1, 0.15) is 19.8 Å². The van der Waals surface area contributed by atoms with Crippen molar-refractivity contribution in [1.29, 1.82) is 0 Å². The molecule has 3 N–H and O–H groups in total. The average Bonchev–Trinajstić information content (AvgIpc) is 2.34. The van der Waals surface area contributed by atoms with Crippen LogP contribution in [0, 0.1) is 5.92 Å². The van der Waals surface area contributed by atoms with Crippen molar-refractivity contribution < 1.29 is 19.4 Å². The van der Waals surface area contributed by atoms with Gasteiger partial charge in [-0.05, 0) is 26.3 Å². The molecule has 1 amide bonds. The van der Waals surface area contributed by atoms with Crippen LogP contribution in [0.25, 0.3) is 0 Å². The molecule has 0 spiro atoms. The van der Waals surface area contributed by atoms with Gasteiger partial charge in [-0.25, -0.2) is 4.79 Å². The maximum Gasteiger partial charge on any atom is 0.336 e. The molecule has 1 aliphatic heterocycles. The molecule has 17 heavy (non-hydrogen) atoms. The fourth-order valence-electron chi connectivity index (χ4n) is 1.93. The second-order valence-electron chi connectivity index (χ2n) is 4.36. The van der Waals surface area contributed by atoms with Crippen LogP contribution in [0.3, 0.4) is 0 Å². The van der Waals surface area contributed by atoms with E-state index < -0.39 is 12.1 Å². The molecule has 0 saturated carbocycles. The largest absolute Gasteiger partial charge is 0.467 e. The van der Waals surface area contributed by atoms with Crippen molar-refractivity contribution in [2.24, 2.45) is 5.92 Å². The van der Waals surface area contributed by atoms with E-state index in [0.717, 1.165) is 19.4 Å². The third kappa shape index (κ3) is 4.32. The van der Waals surface area contributed by atoms with Gasteiger partial charge < -0.3 is 20.5 Å². The van der Waals surface area contributed by atoms with Gasteiger partial charge in [-0.3, -0.25) is 4.79 Å². The lowest BCUT2D eigenvalue weighted by molar-refractivity contribution is -0.150. The Balaban J connectivity index is 2.31. The Labute approximate surface area is 101 Å². The summed E-state index contributed by atoms with van der Waals surface area (Å²) >= 11 is 0. The van der Waals surface area contributed by atoms with Crippen molar-refractivity contribution in [2.75, 3.05) is 20.2 Å². The van der Waals surface area contributed by atoms with Crippen molar-refractivity contribution in [2.45, 2.75) is 31.9 Å². The Hall–Kier alpha value is -1.14. The number of amides is 1. The predicted octanol–water partition coefficient (Wildman–Crippen LogP) is -0.975. The van der Waals surface area contributed by atoms with E-state index in [9.17, 15) is 14.7 Å². The van der Waals surface area contributed by atoms with Gasteiger partial charge in [0.2, 0.25) is 5.91 Å². The Bertz CT molecular complexity index is 283. The monoisotopic (exact) mass is 244 g/mol. The summed E-state index contributed by atoms with van der Waals surface area (Å²) in [5.74, 6) is -0.888. The lowest BCUT2D eigenvalue weighted by atomic mass is 9.92. The molecule has 0 aromatic carbocycles. The number of nitrogens with one attached hydrogen (secondary N) is 2. The van der Waals surface area contributed by atoms with Crippen LogP contribution in [-0.4, -0.2) is 49.3 Å². The molecule has 0 aromatic rings. The summed E-state index contributed by atoms with van der Waals surface area (Å²) in [5, 5.41) is 15.1. The van der Waals surface area contributed by atoms with E-state index >= 15 is 0 Å².